The molecule has 2 N–H and O–H groups in total. The number of amides is 1. The fourth-order valence-electron chi connectivity index (χ4n) is 2.00. The molecule has 0 saturated carbocycles. The zero-order valence-electron chi connectivity index (χ0n) is 11.1. The molecule has 2 atom stereocenters. The van der Waals surface area contributed by atoms with Gasteiger partial charge in [0.2, 0.25) is 14.2 Å². The van der Waals surface area contributed by atoms with Crippen LogP contribution in [0.25, 0.3) is 0 Å². The van der Waals surface area contributed by atoms with E-state index in [0.717, 1.165) is 11.3 Å². The van der Waals surface area contributed by atoms with Crippen LogP contribution in [-0.2, 0) is 14.0 Å². The molecule has 2 aliphatic rings. The summed E-state index contributed by atoms with van der Waals surface area (Å²) in [5.74, 6) is 0.194. The number of nitrogens with zero attached hydrogens (tertiary/aromatic N) is 1. The largest absolute Gasteiger partial charge is 0.515 e. The number of β-lactam (4-membered cyclic amide) rings is 1. The van der Waals surface area contributed by atoms with E-state index in [1.54, 1.807) is 11.8 Å². The summed E-state index contributed by atoms with van der Waals surface area (Å²) in [7, 11) is -1.98. The first-order chi connectivity index (χ1) is 8.76. The minimum Gasteiger partial charge on any atom is -0.515 e. The molecule has 1 saturated heterocycles. The van der Waals surface area contributed by atoms with Crippen molar-refractivity contribution in [2.24, 2.45) is 5.73 Å². The number of alkyl halides is 1. The minimum absolute atomic E-state index is 0.108. The third-order valence-electron chi connectivity index (χ3n) is 2.84. The summed E-state index contributed by atoms with van der Waals surface area (Å²) in [4.78, 5) is 25.7. The quantitative estimate of drug-likeness (QED) is 0.328. The fourth-order valence-corrected chi connectivity index (χ4v) is 4.94. The van der Waals surface area contributed by atoms with Crippen molar-refractivity contribution in [2.45, 2.75) is 31.1 Å². The van der Waals surface area contributed by atoms with E-state index in [4.69, 9.17) is 10.2 Å². The second kappa shape index (κ2) is 5.38. The van der Waals surface area contributed by atoms with Gasteiger partial charge in [-0.25, -0.2) is 4.79 Å². The lowest BCUT2D eigenvalue weighted by Crippen LogP contribution is -2.68. The molecule has 8 heteroatoms. The van der Waals surface area contributed by atoms with Crippen molar-refractivity contribution in [3.63, 3.8) is 0 Å². The predicted octanol–water partition coefficient (Wildman–Crippen LogP) is 1.30. The summed E-state index contributed by atoms with van der Waals surface area (Å²) in [5.41, 5.74) is 7.17. The van der Waals surface area contributed by atoms with Crippen LogP contribution in [0.4, 0.5) is 0 Å². The topological polar surface area (TPSA) is 72.6 Å². The lowest BCUT2D eigenvalue weighted by atomic mass is 10.0. The van der Waals surface area contributed by atoms with Gasteiger partial charge in [-0.1, -0.05) is 22.6 Å². The highest BCUT2D eigenvalue weighted by atomic mass is 127. The highest BCUT2D eigenvalue weighted by Crippen LogP contribution is 2.40. The third kappa shape index (κ3) is 2.86. The van der Waals surface area contributed by atoms with Crippen LogP contribution in [0.2, 0.25) is 19.6 Å². The van der Waals surface area contributed by atoms with Gasteiger partial charge in [0.1, 0.15) is 17.1 Å². The molecule has 0 aromatic carbocycles. The smallest absolute Gasteiger partial charge is 0.341 e. The second-order valence-electron chi connectivity index (χ2n) is 5.52. The van der Waals surface area contributed by atoms with Crippen LogP contribution in [0.5, 0.6) is 0 Å². The number of carbonyl (C=O) groups is 2. The number of carbonyl (C=O) groups excluding carboxylic acids is 2. The van der Waals surface area contributed by atoms with Crippen molar-refractivity contribution in [1.82, 2.24) is 4.90 Å². The minimum atomic E-state index is -1.98. The molecule has 2 aliphatic heterocycles. The van der Waals surface area contributed by atoms with Gasteiger partial charge in [0.05, 0.1) is 0 Å². The number of rotatable bonds is 3. The highest BCUT2D eigenvalue weighted by Gasteiger charge is 2.52. The molecular formula is C11H17IN2O3SSi. The summed E-state index contributed by atoms with van der Waals surface area (Å²) >= 11 is 3.83. The van der Waals surface area contributed by atoms with E-state index in [0.29, 0.717) is 10.1 Å². The molecule has 106 valence electrons. The van der Waals surface area contributed by atoms with Crippen LogP contribution in [0, 0.1) is 0 Å². The number of halogens is 1. The molecule has 0 radical (unpaired) electrons. The molecule has 1 unspecified atom stereocenters. The van der Waals surface area contributed by atoms with Crippen molar-refractivity contribution in [1.29, 1.82) is 0 Å². The van der Waals surface area contributed by atoms with Crippen LogP contribution < -0.4 is 5.73 Å². The molecular weight excluding hydrogens is 395 g/mol. The van der Waals surface area contributed by atoms with Crippen LogP contribution in [0.15, 0.2) is 11.3 Å². The first-order valence-electron chi connectivity index (χ1n) is 5.98. The Bertz CT molecular complexity index is 463. The fraction of sp³-hybridized carbons (Fsp3) is 0.636. The summed E-state index contributed by atoms with van der Waals surface area (Å²) in [6, 6.07) is -0.490. The van der Waals surface area contributed by atoms with E-state index < -0.39 is 14.4 Å². The molecule has 0 aliphatic carbocycles. The maximum atomic E-state index is 12.3. The Balaban J connectivity index is 2.30. The normalized spacial score (nSPS) is 27.0. The lowest BCUT2D eigenvalue weighted by molar-refractivity contribution is -0.147. The monoisotopic (exact) mass is 412 g/mol. The lowest BCUT2D eigenvalue weighted by Gasteiger charge is -2.48. The highest BCUT2D eigenvalue weighted by molar-refractivity contribution is 14.1. The first-order valence-corrected chi connectivity index (χ1v) is 12.0. The summed E-state index contributed by atoms with van der Waals surface area (Å²) < 4.78 is 6.26. The molecule has 5 nitrogen and oxygen atoms in total. The van der Waals surface area contributed by atoms with Crippen molar-refractivity contribution < 1.29 is 14.0 Å². The van der Waals surface area contributed by atoms with Gasteiger partial charge in [-0.05, 0) is 25.2 Å². The van der Waals surface area contributed by atoms with Crippen LogP contribution in [0.3, 0.4) is 0 Å². The van der Waals surface area contributed by atoms with Crippen LogP contribution in [0.1, 0.15) is 0 Å². The average molecular weight is 412 g/mol. The second-order valence-corrected chi connectivity index (χ2v) is 11.8. The van der Waals surface area contributed by atoms with Gasteiger partial charge in [-0.15, -0.1) is 11.8 Å². The van der Waals surface area contributed by atoms with E-state index in [1.165, 1.54) is 4.90 Å². The summed E-state index contributed by atoms with van der Waals surface area (Å²) in [5, 5.41) is -0.108. The summed E-state index contributed by atoms with van der Waals surface area (Å²) in [6.07, 6.45) is 0. The first kappa shape index (κ1) is 15.3. The van der Waals surface area contributed by atoms with Crippen LogP contribution >= 0.6 is 34.4 Å². The molecule has 2 heterocycles. The Morgan fingerprint density at radius 2 is 2.21 bits per heavy atom. The van der Waals surface area contributed by atoms with Gasteiger partial charge in [0.25, 0.3) is 0 Å². The van der Waals surface area contributed by atoms with Crippen molar-refractivity contribution >= 4 is 54.5 Å². The SMILES string of the molecule is C[Si](C)(C)OC(=O)C1=C(CI)CS[C@H]2C(N)C(=O)N12. The number of nitrogens with two attached hydrogens (primary N) is 1. The number of hydrogen-bond acceptors (Lipinski definition) is 5. The maximum absolute atomic E-state index is 12.3. The van der Waals surface area contributed by atoms with E-state index in [1.807, 2.05) is 19.6 Å². The molecule has 0 spiro atoms. The molecule has 0 aromatic heterocycles. The Labute approximate surface area is 131 Å². The molecule has 19 heavy (non-hydrogen) atoms. The molecule has 0 aromatic rings. The standard InChI is InChI=1S/C11H17IN2O3SSi/c1-19(2,3)17-11(16)8-6(4-12)5-18-10-7(13)9(15)14(8)10/h7,10H,4-5,13H2,1-3H3/t7?,10-/m0/s1. The van der Waals surface area contributed by atoms with Gasteiger partial charge < -0.3 is 10.2 Å². The zero-order valence-corrected chi connectivity index (χ0v) is 15.1. The Morgan fingerprint density at radius 1 is 1.58 bits per heavy atom. The van der Waals surface area contributed by atoms with Gasteiger partial charge in [0, 0.05) is 10.2 Å². The van der Waals surface area contributed by atoms with Crippen molar-refractivity contribution in [2.75, 3.05) is 10.2 Å². The van der Waals surface area contributed by atoms with E-state index in [-0.39, 0.29) is 17.3 Å². The van der Waals surface area contributed by atoms with Gasteiger partial charge >= 0.3 is 5.97 Å². The zero-order chi connectivity index (χ0) is 14.4. The maximum Gasteiger partial charge on any atom is 0.341 e. The van der Waals surface area contributed by atoms with Gasteiger partial charge in [-0.2, -0.15) is 0 Å². The third-order valence-corrected chi connectivity index (χ3v) is 5.92. The molecule has 2 rings (SSSR count). The molecule has 1 amide bonds. The number of thioether (sulfide) groups is 1. The predicted molar refractivity (Wildman–Crippen MR) is 86.4 cm³/mol. The van der Waals surface area contributed by atoms with Gasteiger partial charge in [0.15, 0.2) is 0 Å². The number of hydrogen-bond donors (Lipinski definition) is 1. The number of fused-ring (bicyclic) bond motifs is 1. The van der Waals surface area contributed by atoms with E-state index >= 15 is 0 Å². The molecule has 1 fully saturated rings. The molecule has 0 bridgehead atoms. The average Bonchev–Trinajstić information content (AvgIpc) is 2.33. The Hall–Kier alpha value is -0.0631. The van der Waals surface area contributed by atoms with Gasteiger partial charge in [-0.3, -0.25) is 9.69 Å². The van der Waals surface area contributed by atoms with Crippen LogP contribution in [-0.4, -0.2) is 46.7 Å². The Kier molecular flexibility index (Phi) is 4.34. The van der Waals surface area contributed by atoms with E-state index in [2.05, 4.69) is 22.6 Å². The van der Waals surface area contributed by atoms with Crippen molar-refractivity contribution in [3.8, 4) is 0 Å². The van der Waals surface area contributed by atoms with Crippen molar-refractivity contribution in [3.05, 3.63) is 11.3 Å². The Morgan fingerprint density at radius 3 is 2.74 bits per heavy atom. The van der Waals surface area contributed by atoms with E-state index in [9.17, 15) is 9.59 Å². The summed E-state index contributed by atoms with van der Waals surface area (Å²) in [6.45, 7) is 5.86.